The zero-order valence-corrected chi connectivity index (χ0v) is 15.3. The van der Waals surface area contributed by atoms with Gasteiger partial charge in [0.25, 0.3) is 0 Å². The van der Waals surface area contributed by atoms with Gasteiger partial charge in [0.05, 0.1) is 6.61 Å². The summed E-state index contributed by atoms with van der Waals surface area (Å²) in [5.74, 6) is 0.900. The molecule has 1 aliphatic rings. The molecule has 1 radical (unpaired) electrons. The fourth-order valence-corrected chi connectivity index (χ4v) is 3.94. The van der Waals surface area contributed by atoms with E-state index in [4.69, 9.17) is 4.74 Å². The fourth-order valence-electron chi connectivity index (χ4n) is 3.17. The summed E-state index contributed by atoms with van der Waals surface area (Å²) in [5, 5.41) is 0. The van der Waals surface area contributed by atoms with Crippen molar-refractivity contribution in [3.8, 4) is 5.75 Å². The van der Waals surface area contributed by atoms with Crippen LogP contribution >= 0.6 is 0 Å². The molecule has 0 spiro atoms. The Labute approximate surface area is 150 Å². The normalized spacial score (nSPS) is 16.7. The lowest BCUT2D eigenvalue weighted by Gasteiger charge is -2.32. The third-order valence-corrected chi connectivity index (χ3v) is 5.74. The highest BCUT2D eigenvalue weighted by atomic mass is 32.2. The monoisotopic (exact) mass is 358 g/mol. The lowest BCUT2D eigenvalue weighted by atomic mass is 9.97. The predicted molar refractivity (Wildman–Crippen MR) is 98.3 cm³/mol. The number of sulfone groups is 1. The number of hydrogen-bond donors (Lipinski definition) is 0. The number of piperidine rings is 1. The Bertz CT molecular complexity index is 782. The second-order valence-corrected chi connectivity index (χ2v) is 8.65. The molecule has 5 heteroatoms. The highest BCUT2D eigenvalue weighted by Crippen LogP contribution is 2.25. The zero-order chi connectivity index (χ0) is 17.7. The first-order valence-electron chi connectivity index (χ1n) is 8.61. The third-order valence-electron chi connectivity index (χ3n) is 4.62. The SMILES string of the molecule is CS(=O)(=O)c1c[c]ccc1OCC1CCN(Cc2ccccc2)CC1. The lowest BCUT2D eigenvalue weighted by Crippen LogP contribution is -2.35. The second kappa shape index (κ2) is 8.02. The molecule has 133 valence electrons. The van der Waals surface area contributed by atoms with E-state index < -0.39 is 9.84 Å². The van der Waals surface area contributed by atoms with Crippen LogP contribution in [0.5, 0.6) is 5.75 Å². The van der Waals surface area contributed by atoms with Gasteiger partial charge in [-0.05, 0) is 55.6 Å². The van der Waals surface area contributed by atoms with Crippen molar-refractivity contribution in [2.75, 3.05) is 26.0 Å². The van der Waals surface area contributed by atoms with E-state index in [9.17, 15) is 8.42 Å². The number of benzene rings is 2. The van der Waals surface area contributed by atoms with Crippen LogP contribution in [0.15, 0.2) is 53.4 Å². The molecule has 0 bridgehead atoms. The van der Waals surface area contributed by atoms with Crippen LogP contribution in [-0.2, 0) is 16.4 Å². The molecule has 0 atom stereocenters. The number of nitrogens with zero attached hydrogens (tertiary/aromatic N) is 1. The van der Waals surface area contributed by atoms with Crippen molar-refractivity contribution < 1.29 is 13.2 Å². The van der Waals surface area contributed by atoms with Crippen LogP contribution in [0.2, 0.25) is 0 Å². The molecule has 0 aromatic heterocycles. The number of rotatable bonds is 6. The molecule has 1 heterocycles. The second-order valence-electron chi connectivity index (χ2n) is 6.66. The van der Waals surface area contributed by atoms with Crippen molar-refractivity contribution in [1.29, 1.82) is 0 Å². The summed E-state index contributed by atoms with van der Waals surface area (Å²) < 4.78 is 29.5. The molecule has 3 rings (SSSR count). The molecule has 1 aliphatic heterocycles. The third kappa shape index (κ3) is 5.06. The van der Waals surface area contributed by atoms with Gasteiger partial charge in [0.15, 0.2) is 9.84 Å². The van der Waals surface area contributed by atoms with Crippen LogP contribution in [0.4, 0.5) is 0 Å². The maximum absolute atomic E-state index is 11.8. The van der Waals surface area contributed by atoms with Crippen LogP contribution in [0, 0.1) is 12.0 Å². The number of hydrogen-bond acceptors (Lipinski definition) is 4. The van der Waals surface area contributed by atoms with Crippen LogP contribution in [-0.4, -0.2) is 39.3 Å². The Kier molecular flexibility index (Phi) is 5.76. The van der Waals surface area contributed by atoms with Gasteiger partial charge in [0, 0.05) is 12.8 Å². The minimum absolute atomic E-state index is 0.219. The first-order valence-corrected chi connectivity index (χ1v) is 10.5. The highest BCUT2D eigenvalue weighted by Gasteiger charge is 2.21. The van der Waals surface area contributed by atoms with Crippen LogP contribution in [0.25, 0.3) is 0 Å². The molecule has 25 heavy (non-hydrogen) atoms. The van der Waals surface area contributed by atoms with Crippen LogP contribution < -0.4 is 4.74 Å². The molecular weight excluding hydrogens is 334 g/mol. The zero-order valence-electron chi connectivity index (χ0n) is 14.5. The van der Waals surface area contributed by atoms with Crippen molar-refractivity contribution in [2.45, 2.75) is 24.3 Å². The smallest absolute Gasteiger partial charge is 0.179 e. The van der Waals surface area contributed by atoms with Crippen LogP contribution in [0.3, 0.4) is 0 Å². The van der Waals surface area contributed by atoms with Crippen molar-refractivity contribution >= 4 is 9.84 Å². The van der Waals surface area contributed by atoms with E-state index in [0.717, 1.165) is 32.5 Å². The summed E-state index contributed by atoms with van der Waals surface area (Å²) in [4.78, 5) is 2.68. The Hall–Kier alpha value is -1.85. The summed E-state index contributed by atoms with van der Waals surface area (Å²) in [6, 6.07) is 18.2. The average molecular weight is 358 g/mol. The summed E-state index contributed by atoms with van der Waals surface area (Å²) in [6.45, 7) is 3.64. The summed E-state index contributed by atoms with van der Waals surface area (Å²) in [5.41, 5.74) is 1.34. The van der Waals surface area contributed by atoms with Gasteiger partial charge in [-0.25, -0.2) is 8.42 Å². The molecule has 0 unspecified atom stereocenters. The Morgan fingerprint density at radius 2 is 1.88 bits per heavy atom. The molecule has 0 amide bonds. The van der Waals surface area contributed by atoms with E-state index >= 15 is 0 Å². The topological polar surface area (TPSA) is 46.6 Å². The Morgan fingerprint density at radius 3 is 2.56 bits per heavy atom. The molecule has 4 nitrogen and oxygen atoms in total. The summed E-state index contributed by atoms with van der Waals surface area (Å²) >= 11 is 0. The largest absolute Gasteiger partial charge is 0.492 e. The number of likely N-dealkylation sites (tertiary alicyclic amines) is 1. The molecule has 2 aromatic rings. The van der Waals surface area contributed by atoms with Crippen molar-refractivity contribution in [2.24, 2.45) is 5.92 Å². The van der Waals surface area contributed by atoms with Gasteiger partial charge >= 0.3 is 0 Å². The maximum Gasteiger partial charge on any atom is 0.179 e. The first kappa shape index (κ1) is 18.0. The fraction of sp³-hybridized carbons (Fsp3) is 0.400. The van der Waals surface area contributed by atoms with Crippen molar-refractivity contribution in [3.63, 3.8) is 0 Å². The minimum atomic E-state index is -3.29. The van der Waals surface area contributed by atoms with Gasteiger partial charge in [0.1, 0.15) is 10.6 Å². The summed E-state index contributed by atoms with van der Waals surface area (Å²) in [7, 11) is -3.29. The Balaban J connectivity index is 1.50. The van der Waals surface area contributed by atoms with Gasteiger partial charge in [-0.1, -0.05) is 36.4 Å². The van der Waals surface area contributed by atoms with Crippen molar-refractivity contribution in [3.05, 3.63) is 60.2 Å². The quantitative estimate of drug-likeness (QED) is 0.796. The highest BCUT2D eigenvalue weighted by molar-refractivity contribution is 7.90. The molecule has 0 aliphatic carbocycles. The van der Waals surface area contributed by atoms with E-state index in [1.165, 1.54) is 17.9 Å². The molecular formula is C20H24NO3S. The maximum atomic E-state index is 11.8. The molecule has 0 N–H and O–H groups in total. The summed E-state index contributed by atoms with van der Waals surface area (Å²) in [6.07, 6.45) is 3.34. The van der Waals surface area contributed by atoms with Crippen molar-refractivity contribution in [1.82, 2.24) is 4.90 Å². The van der Waals surface area contributed by atoms with Gasteiger partial charge in [0.2, 0.25) is 0 Å². The van der Waals surface area contributed by atoms with E-state index in [1.807, 2.05) is 6.07 Å². The standard InChI is InChI=1S/C20H24NO3S/c1-25(22,23)20-10-6-5-9-19(20)24-16-18-11-13-21(14-12-18)15-17-7-3-2-4-8-17/h2-5,7-10,18H,11-16H2,1H3. The molecule has 0 saturated carbocycles. The molecule has 2 aromatic carbocycles. The number of ether oxygens (including phenoxy) is 1. The van der Waals surface area contributed by atoms with E-state index in [1.54, 1.807) is 12.1 Å². The van der Waals surface area contributed by atoms with Crippen LogP contribution in [0.1, 0.15) is 18.4 Å². The van der Waals surface area contributed by atoms with E-state index in [2.05, 4.69) is 35.2 Å². The van der Waals surface area contributed by atoms with Gasteiger partial charge in [-0.3, -0.25) is 4.90 Å². The van der Waals surface area contributed by atoms with E-state index in [-0.39, 0.29) is 4.90 Å². The van der Waals surface area contributed by atoms with E-state index in [0.29, 0.717) is 18.3 Å². The van der Waals surface area contributed by atoms with Gasteiger partial charge < -0.3 is 4.74 Å². The molecule has 1 saturated heterocycles. The first-order chi connectivity index (χ1) is 12.0. The van der Waals surface area contributed by atoms with Gasteiger partial charge in [-0.15, -0.1) is 0 Å². The molecule has 1 fully saturated rings. The lowest BCUT2D eigenvalue weighted by molar-refractivity contribution is 0.135. The predicted octanol–water partition coefficient (Wildman–Crippen LogP) is 3.18. The minimum Gasteiger partial charge on any atom is -0.492 e. The van der Waals surface area contributed by atoms with Gasteiger partial charge in [-0.2, -0.15) is 0 Å². The average Bonchev–Trinajstić information content (AvgIpc) is 2.61. The Morgan fingerprint density at radius 1 is 1.16 bits per heavy atom.